The molecule has 340 valence electrons. The maximum absolute atomic E-state index is 7.59. The van der Waals surface area contributed by atoms with Crippen LogP contribution in [0.25, 0.3) is 54.2 Å². The molecule has 1 aliphatic heterocycles. The van der Waals surface area contributed by atoms with Crippen molar-refractivity contribution in [2.24, 2.45) is 0 Å². The van der Waals surface area contributed by atoms with Gasteiger partial charge in [0.2, 0.25) is 0 Å². The second-order valence-electron chi connectivity index (χ2n) is 18.5. The number of para-hydroxylation sites is 2. The summed E-state index contributed by atoms with van der Waals surface area (Å²) in [4.78, 5) is 0. The average molecular weight is 915 g/mol. The molecule has 0 bridgehead atoms. The van der Waals surface area contributed by atoms with Crippen molar-refractivity contribution in [1.82, 2.24) is 0 Å². The number of benzene rings is 8. The second kappa shape index (κ2) is 20.8. The molecule has 8 aromatic carbocycles. The fraction of sp³-hybridized carbons (Fsp3) is 0.322. The number of hydrogen-bond donors (Lipinski definition) is 0. The Morgan fingerprint density at radius 1 is 0.561 bits per heavy atom. The predicted molar refractivity (Wildman–Crippen MR) is 281 cm³/mol. The molecule has 0 saturated carbocycles. The van der Waals surface area contributed by atoms with Crippen LogP contribution >= 0.6 is 17.4 Å². The van der Waals surface area contributed by atoms with E-state index in [1.807, 2.05) is 24.3 Å². The molecule has 8 aromatic rings. The van der Waals surface area contributed by atoms with Gasteiger partial charge in [-0.25, -0.2) is 0 Å². The van der Waals surface area contributed by atoms with Crippen LogP contribution in [0.1, 0.15) is 128 Å². The number of unbranched alkanes of at least 4 members (excludes halogenated alkanes) is 5. The lowest BCUT2D eigenvalue weighted by atomic mass is 9.87. The summed E-state index contributed by atoms with van der Waals surface area (Å²) in [5, 5.41) is 8.09. The van der Waals surface area contributed by atoms with Gasteiger partial charge in [-0.1, -0.05) is 207 Å². The van der Waals surface area contributed by atoms with Crippen LogP contribution in [0.3, 0.4) is 0 Å². The minimum atomic E-state index is -1.80. The van der Waals surface area contributed by atoms with Crippen molar-refractivity contribution in [1.29, 1.82) is 0 Å². The van der Waals surface area contributed by atoms with Crippen LogP contribution < -0.4 is 18.3 Å². The first-order chi connectivity index (χ1) is 32.3. The zero-order valence-electron chi connectivity index (χ0n) is 39.5. The van der Waals surface area contributed by atoms with Crippen molar-refractivity contribution in [3.05, 3.63) is 156 Å². The molecule has 9 rings (SSSR count). The highest BCUT2D eigenvalue weighted by Crippen LogP contribution is 2.58. The summed E-state index contributed by atoms with van der Waals surface area (Å²) in [5.41, 5.74) is 5.52. The van der Waals surface area contributed by atoms with E-state index in [1.54, 1.807) is 0 Å². The van der Waals surface area contributed by atoms with Crippen LogP contribution in [0, 0.1) is 0 Å². The molecule has 1 aliphatic rings. The van der Waals surface area contributed by atoms with E-state index in [-0.39, 0.29) is 8.81 Å². The smallest absolute Gasteiger partial charge is 0.463 e. The topological polar surface area (TPSA) is 46.2 Å². The lowest BCUT2D eigenvalue weighted by Crippen LogP contribution is -2.29. The molecule has 4 atom stereocenters. The van der Waals surface area contributed by atoms with Gasteiger partial charge in [-0.05, 0) is 87.5 Å². The zero-order chi connectivity index (χ0) is 45.6. The molecule has 0 aliphatic carbocycles. The van der Waals surface area contributed by atoms with E-state index < -0.39 is 13.9 Å². The van der Waals surface area contributed by atoms with E-state index in [4.69, 9.17) is 22.8 Å². The van der Waals surface area contributed by atoms with E-state index in [0.717, 1.165) is 103 Å². The summed E-state index contributed by atoms with van der Waals surface area (Å²) in [6, 6.07) is 49.5. The highest BCUT2D eigenvalue weighted by Gasteiger charge is 2.34. The van der Waals surface area contributed by atoms with Gasteiger partial charge in [0.15, 0.2) is 5.34 Å². The van der Waals surface area contributed by atoms with E-state index in [2.05, 4.69) is 157 Å². The van der Waals surface area contributed by atoms with Gasteiger partial charge in [-0.3, -0.25) is 4.52 Å². The van der Waals surface area contributed by atoms with Crippen molar-refractivity contribution in [3.63, 3.8) is 0 Å². The highest BCUT2D eigenvalue weighted by atomic mass is 31.2. The monoisotopic (exact) mass is 914 g/mol. The molecule has 0 saturated heterocycles. The summed E-state index contributed by atoms with van der Waals surface area (Å²) in [5.74, 6) is 4.05. The van der Waals surface area contributed by atoms with Gasteiger partial charge in [-0.15, -0.1) is 0 Å². The SMILES string of the molecule is CCCCCCCC(C)c1cccc(C(C)C)c1OC(C)(CCCC)POc1c(-c2c(OP3OCc4ccccc4O3)c3ccccc3c3ccccc23)c2ccccc2c2ccccc12. The molecule has 5 nitrogen and oxygen atoms in total. The normalized spacial score (nSPS) is 15.3. The Balaban J connectivity index is 1.21. The van der Waals surface area contributed by atoms with Gasteiger partial charge < -0.3 is 18.3 Å². The van der Waals surface area contributed by atoms with E-state index in [9.17, 15) is 0 Å². The minimum absolute atomic E-state index is 0.0230. The standard InChI is InChI=1S/C59H64O5P2/c1-7-9-11-12-13-25-41(5)44-36-24-35-43(40(3)4)56(44)61-59(6,38-10-8-2)65-62-57-51-33-21-17-29-47(51)45-27-15-19-31-49(45)54(57)55-50-32-20-16-28-46(50)48-30-18-22-34-52(48)58(55)64-66-60-39-42-26-14-23-37-53(42)63-66/h14-24,26-37,40-41,65H,7-13,25,38-39H2,1-6H3. The molecule has 1 heterocycles. The summed E-state index contributed by atoms with van der Waals surface area (Å²) in [6.45, 7) is 14.2. The third-order valence-corrected chi connectivity index (χ3v) is 15.4. The number of rotatable bonds is 19. The summed E-state index contributed by atoms with van der Waals surface area (Å²) >= 11 is 0. The van der Waals surface area contributed by atoms with Gasteiger partial charge in [0.05, 0.1) is 6.61 Å². The molecule has 4 unspecified atom stereocenters. The Labute approximate surface area is 395 Å². The Bertz CT molecular complexity index is 2960. The van der Waals surface area contributed by atoms with Gasteiger partial charge in [0.1, 0.15) is 31.8 Å². The second-order valence-corrected chi connectivity index (χ2v) is 21.1. The van der Waals surface area contributed by atoms with Crippen molar-refractivity contribution < 1.29 is 22.8 Å². The fourth-order valence-electron chi connectivity index (χ4n) is 9.74. The summed E-state index contributed by atoms with van der Waals surface area (Å²) in [6.07, 6.45) is 10.4. The largest absolute Gasteiger partial charge is 0.479 e. The average Bonchev–Trinajstić information content (AvgIpc) is 3.35. The van der Waals surface area contributed by atoms with Crippen molar-refractivity contribution in [2.45, 2.75) is 123 Å². The quantitative estimate of drug-likeness (QED) is 0.0459. The first-order valence-corrected chi connectivity index (χ1v) is 26.3. The third kappa shape index (κ3) is 9.51. The van der Waals surface area contributed by atoms with E-state index >= 15 is 0 Å². The van der Waals surface area contributed by atoms with E-state index in [1.165, 1.54) is 43.2 Å². The number of fused-ring (bicyclic) bond motifs is 7. The first kappa shape index (κ1) is 46.0. The molecule has 0 fully saturated rings. The molecule has 0 aromatic heterocycles. The lowest BCUT2D eigenvalue weighted by Gasteiger charge is -2.34. The molecule has 7 heteroatoms. The van der Waals surface area contributed by atoms with Crippen LogP contribution in [-0.2, 0) is 11.1 Å². The van der Waals surface area contributed by atoms with E-state index in [0.29, 0.717) is 24.2 Å². The Morgan fingerprint density at radius 2 is 1.09 bits per heavy atom. The fourth-order valence-corrected chi connectivity index (χ4v) is 11.8. The predicted octanol–water partition coefficient (Wildman–Crippen LogP) is 18.7. The zero-order valence-corrected chi connectivity index (χ0v) is 41.4. The molecular formula is C59H64O5P2. The van der Waals surface area contributed by atoms with Gasteiger partial charge in [-0.2, -0.15) is 0 Å². The van der Waals surface area contributed by atoms with Gasteiger partial charge >= 0.3 is 8.60 Å². The molecule has 0 radical (unpaired) electrons. The minimum Gasteiger partial charge on any atom is -0.479 e. The first-order valence-electron chi connectivity index (χ1n) is 24.3. The molecule has 0 amide bonds. The van der Waals surface area contributed by atoms with Crippen LogP contribution in [0.4, 0.5) is 0 Å². The van der Waals surface area contributed by atoms with Crippen LogP contribution in [0.5, 0.6) is 23.0 Å². The molecular weight excluding hydrogens is 851 g/mol. The third-order valence-electron chi connectivity index (χ3n) is 13.3. The Kier molecular flexibility index (Phi) is 14.5. The number of ether oxygens (including phenoxy) is 1. The summed E-state index contributed by atoms with van der Waals surface area (Å²) < 4.78 is 35.3. The lowest BCUT2D eigenvalue weighted by molar-refractivity contribution is 0.156. The number of hydrogen-bond acceptors (Lipinski definition) is 5. The van der Waals surface area contributed by atoms with Gasteiger partial charge in [0, 0.05) is 27.5 Å². The molecule has 0 spiro atoms. The maximum Gasteiger partial charge on any atom is 0.463 e. The summed E-state index contributed by atoms with van der Waals surface area (Å²) in [7, 11) is -1.83. The highest BCUT2D eigenvalue weighted by molar-refractivity contribution is 7.42. The van der Waals surface area contributed by atoms with Crippen LogP contribution in [-0.4, -0.2) is 5.34 Å². The molecule has 0 N–H and O–H groups in total. The maximum atomic E-state index is 7.59. The Morgan fingerprint density at radius 3 is 1.73 bits per heavy atom. The van der Waals surface area contributed by atoms with Crippen molar-refractivity contribution in [3.8, 4) is 34.1 Å². The van der Waals surface area contributed by atoms with Gasteiger partial charge in [0.25, 0.3) is 0 Å². The van der Waals surface area contributed by atoms with Crippen molar-refractivity contribution in [2.75, 3.05) is 0 Å². The van der Waals surface area contributed by atoms with Crippen LogP contribution in [0.2, 0.25) is 0 Å². The van der Waals surface area contributed by atoms with Crippen molar-refractivity contribution >= 4 is 60.5 Å². The Hall–Kier alpha value is -5.18. The van der Waals surface area contributed by atoms with Crippen LogP contribution in [0.15, 0.2) is 140 Å². The molecule has 66 heavy (non-hydrogen) atoms.